The van der Waals surface area contributed by atoms with E-state index in [1.807, 2.05) is 6.92 Å². The molecule has 114 valence electrons. The van der Waals surface area contributed by atoms with Gasteiger partial charge in [-0.25, -0.2) is 9.97 Å². The van der Waals surface area contributed by atoms with Gasteiger partial charge in [-0.2, -0.15) is 0 Å². The van der Waals surface area contributed by atoms with Gasteiger partial charge in [0.1, 0.15) is 11.5 Å². The molecule has 0 fully saturated rings. The Hall–Kier alpha value is -2.83. The Morgan fingerprint density at radius 3 is 2.73 bits per heavy atom. The molecule has 0 unspecified atom stereocenters. The molecule has 0 spiro atoms. The van der Waals surface area contributed by atoms with Crippen LogP contribution in [0.5, 0.6) is 0 Å². The second-order valence-electron chi connectivity index (χ2n) is 4.93. The standard InChI is InChI=1S/C15H16N4O3/c1-10(12-5-4-6-13(9-12)19(21)22)18(3)15(20)14-7-8-16-11(2)17-14/h4-10H,1-3H3/t10-/m1/s1. The molecule has 1 heterocycles. The lowest BCUT2D eigenvalue weighted by Gasteiger charge is -2.25. The van der Waals surface area contributed by atoms with Crippen LogP contribution in [0.3, 0.4) is 0 Å². The SMILES string of the molecule is Cc1nccc(C(=O)N(C)[C@H](C)c2cccc([N+](=O)[O-])c2)n1. The van der Waals surface area contributed by atoms with E-state index in [1.165, 1.54) is 23.2 Å². The van der Waals surface area contributed by atoms with Gasteiger partial charge in [0.2, 0.25) is 0 Å². The lowest BCUT2D eigenvalue weighted by molar-refractivity contribution is -0.384. The number of nitrogens with zero attached hydrogens (tertiary/aromatic N) is 4. The number of nitro benzene ring substituents is 1. The topological polar surface area (TPSA) is 89.2 Å². The fourth-order valence-electron chi connectivity index (χ4n) is 2.05. The molecule has 0 N–H and O–H groups in total. The number of hydrogen-bond acceptors (Lipinski definition) is 5. The summed E-state index contributed by atoms with van der Waals surface area (Å²) in [5.74, 6) is 0.256. The Bertz CT molecular complexity index is 717. The van der Waals surface area contributed by atoms with Gasteiger partial charge in [0.25, 0.3) is 11.6 Å². The monoisotopic (exact) mass is 300 g/mol. The number of aryl methyl sites for hydroxylation is 1. The van der Waals surface area contributed by atoms with Crippen LogP contribution >= 0.6 is 0 Å². The van der Waals surface area contributed by atoms with E-state index >= 15 is 0 Å². The summed E-state index contributed by atoms with van der Waals surface area (Å²) in [7, 11) is 1.64. The summed E-state index contributed by atoms with van der Waals surface area (Å²) >= 11 is 0. The predicted molar refractivity (Wildman–Crippen MR) is 80.4 cm³/mol. The minimum absolute atomic E-state index is 0.00285. The van der Waals surface area contributed by atoms with E-state index in [-0.39, 0.29) is 17.6 Å². The van der Waals surface area contributed by atoms with E-state index in [0.29, 0.717) is 17.1 Å². The number of rotatable bonds is 4. The lowest BCUT2D eigenvalue weighted by Crippen LogP contribution is -2.30. The maximum atomic E-state index is 12.4. The zero-order valence-corrected chi connectivity index (χ0v) is 12.6. The molecule has 1 atom stereocenters. The van der Waals surface area contributed by atoms with Crippen molar-refractivity contribution in [3.8, 4) is 0 Å². The average molecular weight is 300 g/mol. The number of benzene rings is 1. The summed E-state index contributed by atoms with van der Waals surface area (Å²) in [4.78, 5) is 32.4. The summed E-state index contributed by atoms with van der Waals surface area (Å²) in [6.45, 7) is 3.52. The fourth-order valence-corrected chi connectivity index (χ4v) is 2.05. The largest absolute Gasteiger partial charge is 0.334 e. The summed E-state index contributed by atoms with van der Waals surface area (Å²) in [6, 6.07) is 7.49. The second kappa shape index (κ2) is 6.30. The predicted octanol–water partition coefficient (Wildman–Crippen LogP) is 2.53. The molecule has 7 heteroatoms. The summed E-state index contributed by atoms with van der Waals surface area (Å²) in [5.41, 5.74) is 0.992. The minimum atomic E-state index is -0.453. The number of carbonyl (C=O) groups excluding carboxylic acids is 1. The first kappa shape index (κ1) is 15.6. The minimum Gasteiger partial charge on any atom is -0.334 e. The van der Waals surface area contributed by atoms with Crippen molar-refractivity contribution < 1.29 is 9.72 Å². The van der Waals surface area contributed by atoms with E-state index in [9.17, 15) is 14.9 Å². The number of aromatic nitrogens is 2. The van der Waals surface area contributed by atoms with Crippen molar-refractivity contribution in [2.24, 2.45) is 0 Å². The maximum absolute atomic E-state index is 12.4. The lowest BCUT2D eigenvalue weighted by atomic mass is 10.1. The van der Waals surface area contributed by atoms with Crippen molar-refractivity contribution in [2.45, 2.75) is 19.9 Å². The van der Waals surface area contributed by atoms with Crippen molar-refractivity contribution in [1.82, 2.24) is 14.9 Å². The third-order valence-electron chi connectivity index (χ3n) is 3.46. The van der Waals surface area contributed by atoms with Crippen LogP contribution in [0, 0.1) is 17.0 Å². The average Bonchev–Trinajstić information content (AvgIpc) is 2.52. The van der Waals surface area contributed by atoms with Crippen molar-refractivity contribution in [1.29, 1.82) is 0 Å². The van der Waals surface area contributed by atoms with Gasteiger partial charge in [-0.3, -0.25) is 14.9 Å². The highest BCUT2D eigenvalue weighted by atomic mass is 16.6. The Morgan fingerprint density at radius 2 is 2.09 bits per heavy atom. The second-order valence-corrected chi connectivity index (χ2v) is 4.93. The van der Waals surface area contributed by atoms with Gasteiger partial charge in [0.15, 0.2) is 0 Å². The number of amides is 1. The molecule has 0 aliphatic rings. The number of carbonyl (C=O) groups is 1. The molecule has 2 rings (SSSR count). The molecule has 1 amide bonds. The van der Waals surface area contributed by atoms with Crippen LogP contribution in [0.15, 0.2) is 36.5 Å². The molecule has 22 heavy (non-hydrogen) atoms. The van der Waals surface area contributed by atoms with E-state index in [1.54, 1.807) is 32.2 Å². The van der Waals surface area contributed by atoms with Crippen molar-refractivity contribution in [2.75, 3.05) is 7.05 Å². The van der Waals surface area contributed by atoms with Gasteiger partial charge < -0.3 is 4.90 Å². The Kier molecular flexibility index (Phi) is 4.45. The van der Waals surface area contributed by atoms with Gasteiger partial charge >= 0.3 is 0 Å². The molecule has 0 radical (unpaired) electrons. The fraction of sp³-hybridized carbons (Fsp3) is 0.267. The molecular weight excluding hydrogens is 284 g/mol. The Labute approximate surface area is 127 Å². The van der Waals surface area contributed by atoms with Crippen LogP contribution in [0.4, 0.5) is 5.69 Å². The van der Waals surface area contributed by atoms with Gasteiger partial charge in [-0.1, -0.05) is 12.1 Å². The first-order valence-electron chi connectivity index (χ1n) is 6.71. The molecule has 1 aromatic carbocycles. The van der Waals surface area contributed by atoms with Gasteiger partial charge in [-0.15, -0.1) is 0 Å². The van der Waals surface area contributed by atoms with Crippen molar-refractivity contribution in [3.05, 3.63) is 63.7 Å². The number of nitro groups is 1. The Balaban J connectivity index is 2.25. The molecule has 0 aliphatic heterocycles. The van der Waals surface area contributed by atoms with Crippen molar-refractivity contribution in [3.63, 3.8) is 0 Å². The highest BCUT2D eigenvalue weighted by Crippen LogP contribution is 2.23. The Morgan fingerprint density at radius 1 is 1.36 bits per heavy atom. The van der Waals surface area contributed by atoms with Gasteiger partial charge in [0, 0.05) is 25.4 Å². The number of hydrogen-bond donors (Lipinski definition) is 0. The quantitative estimate of drug-likeness (QED) is 0.639. The first-order chi connectivity index (χ1) is 10.4. The van der Waals surface area contributed by atoms with Crippen LogP contribution < -0.4 is 0 Å². The molecule has 1 aromatic heterocycles. The molecule has 0 aliphatic carbocycles. The maximum Gasteiger partial charge on any atom is 0.272 e. The number of non-ortho nitro benzene ring substituents is 1. The molecule has 0 saturated heterocycles. The van der Waals surface area contributed by atoms with E-state index in [2.05, 4.69) is 9.97 Å². The van der Waals surface area contributed by atoms with E-state index in [0.717, 1.165) is 0 Å². The van der Waals surface area contributed by atoms with Crippen LogP contribution in [0.2, 0.25) is 0 Å². The van der Waals surface area contributed by atoms with E-state index in [4.69, 9.17) is 0 Å². The molecule has 0 saturated carbocycles. The van der Waals surface area contributed by atoms with Crippen LogP contribution in [0.1, 0.15) is 34.8 Å². The highest BCUT2D eigenvalue weighted by molar-refractivity contribution is 5.92. The highest BCUT2D eigenvalue weighted by Gasteiger charge is 2.21. The summed E-state index contributed by atoms with van der Waals surface area (Å²) in [5, 5.41) is 10.8. The third-order valence-corrected chi connectivity index (χ3v) is 3.46. The van der Waals surface area contributed by atoms with Gasteiger partial charge in [-0.05, 0) is 25.5 Å². The molecule has 2 aromatic rings. The van der Waals surface area contributed by atoms with Crippen LogP contribution in [-0.4, -0.2) is 32.7 Å². The van der Waals surface area contributed by atoms with Gasteiger partial charge in [0.05, 0.1) is 11.0 Å². The van der Waals surface area contributed by atoms with Crippen LogP contribution in [-0.2, 0) is 0 Å². The zero-order chi connectivity index (χ0) is 16.3. The smallest absolute Gasteiger partial charge is 0.272 e. The van der Waals surface area contributed by atoms with Crippen molar-refractivity contribution >= 4 is 11.6 Å². The zero-order valence-electron chi connectivity index (χ0n) is 12.6. The molecular formula is C15H16N4O3. The third kappa shape index (κ3) is 3.25. The molecule has 0 bridgehead atoms. The first-order valence-corrected chi connectivity index (χ1v) is 6.71. The summed E-state index contributed by atoms with van der Waals surface area (Å²) < 4.78 is 0. The normalized spacial score (nSPS) is 11.8. The van der Waals surface area contributed by atoms with E-state index < -0.39 is 4.92 Å². The summed E-state index contributed by atoms with van der Waals surface area (Å²) in [6.07, 6.45) is 1.53. The molecule has 7 nitrogen and oxygen atoms in total. The van der Waals surface area contributed by atoms with Crippen LogP contribution in [0.25, 0.3) is 0 Å².